The molecule has 2 atom stereocenters. The summed E-state index contributed by atoms with van der Waals surface area (Å²) in [4.78, 5) is 12.9. The lowest BCUT2D eigenvalue weighted by Crippen LogP contribution is -2.40. The van der Waals surface area contributed by atoms with Crippen LogP contribution in [0.5, 0.6) is 0 Å². The first kappa shape index (κ1) is 16.6. The fraction of sp³-hybridized carbons (Fsp3) is 0.211. The van der Waals surface area contributed by atoms with E-state index in [4.69, 9.17) is 0 Å². The third-order valence-electron chi connectivity index (χ3n) is 4.34. The third-order valence-corrected chi connectivity index (χ3v) is 5.80. The standard InChI is InChI=1S/C19H19NO3S/c1-4-15-16-10-7-13(3)11-17(16)19(21)18(15)20-24(22,23)14-8-5-12(2)6-9-14/h4-11,15,18,20H,1H2,2-3H3/t15-,18+/m1/s1. The van der Waals surface area contributed by atoms with Crippen molar-refractivity contribution in [1.82, 2.24) is 4.72 Å². The molecule has 1 N–H and O–H groups in total. The number of benzene rings is 2. The van der Waals surface area contributed by atoms with E-state index >= 15 is 0 Å². The molecule has 0 heterocycles. The second kappa shape index (κ2) is 6.00. The predicted molar refractivity (Wildman–Crippen MR) is 93.7 cm³/mol. The number of rotatable bonds is 4. The Hall–Kier alpha value is -2.24. The van der Waals surface area contributed by atoms with E-state index in [1.165, 1.54) is 12.1 Å². The van der Waals surface area contributed by atoms with Gasteiger partial charge in [0, 0.05) is 11.5 Å². The maximum atomic E-state index is 12.7. The van der Waals surface area contributed by atoms with Gasteiger partial charge in [-0.2, -0.15) is 4.72 Å². The number of sulfonamides is 1. The largest absolute Gasteiger partial charge is 0.292 e. The first-order valence-electron chi connectivity index (χ1n) is 7.70. The van der Waals surface area contributed by atoms with Crippen LogP contribution >= 0.6 is 0 Å². The number of aryl methyl sites for hydroxylation is 2. The Bertz CT molecular complexity index is 914. The van der Waals surface area contributed by atoms with Crippen molar-refractivity contribution in [1.29, 1.82) is 0 Å². The van der Waals surface area contributed by atoms with Crippen molar-refractivity contribution in [3.63, 3.8) is 0 Å². The van der Waals surface area contributed by atoms with Gasteiger partial charge < -0.3 is 0 Å². The van der Waals surface area contributed by atoms with Crippen LogP contribution in [-0.4, -0.2) is 20.2 Å². The van der Waals surface area contributed by atoms with Gasteiger partial charge in [0.15, 0.2) is 5.78 Å². The Morgan fingerprint density at radius 1 is 1.04 bits per heavy atom. The first-order chi connectivity index (χ1) is 11.3. The van der Waals surface area contributed by atoms with Gasteiger partial charge in [-0.15, -0.1) is 6.58 Å². The second-order valence-corrected chi connectivity index (χ2v) is 7.84. The van der Waals surface area contributed by atoms with Crippen LogP contribution in [0.2, 0.25) is 0 Å². The number of ketones is 1. The molecule has 0 bridgehead atoms. The van der Waals surface area contributed by atoms with Gasteiger partial charge in [-0.3, -0.25) is 4.79 Å². The molecular weight excluding hydrogens is 322 g/mol. The highest BCUT2D eigenvalue weighted by atomic mass is 32.2. The highest BCUT2D eigenvalue weighted by Gasteiger charge is 2.40. The van der Waals surface area contributed by atoms with Gasteiger partial charge in [-0.1, -0.05) is 41.5 Å². The molecule has 0 radical (unpaired) electrons. The summed E-state index contributed by atoms with van der Waals surface area (Å²) in [5.74, 6) is -0.581. The van der Waals surface area contributed by atoms with Crippen molar-refractivity contribution in [2.24, 2.45) is 0 Å². The maximum absolute atomic E-state index is 12.7. The summed E-state index contributed by atoms with van der Waals surface area (Å²) in [6, 6.07) is 11.3. The van der Waals surface area contributed by atoms with Crippen molar-refractivity contribution in [2.45, 2.75) is 30.7 Å². The molecule has 0 fully saturated rings. The highest BCUT2D eigenvalue weighted by Crippen LogP contribution is 2.35. The fourth-order valence-electron chi connectivity index (χ4n) is 3.03. The molecule has 0 saturated carbocycles. The molecule has 1 aliphatic carbocycles. The average molecular weight is 341 g/mol. The van der Waals surface area contributed by atoms with Crippen LogP contribution < -0.4 is 4.72 Å². The van der Waals surface area contributed by atoms with Crippen molar-refractivity contribution < 1.29 is 13.2 Å². The van der Waals surface area contributed by atoms with E-state index in [-0.39, 0.29) is 16.6 Å². The van der Waals surface area contributed by atoms with Crippen molar-refractivity contribution in [3.05, 3.63) is 77.4 Å². The molecule has 124 valence electrons. The smallest absolute Gasteiger partial charge is 0.241 e. The molecule has 0 aliphatic heterocycles. The van der Waals surface area contributed by atoms with Crippen LogP contribution in [0, 0.1) is 13.8 Å². The molecule has 0 amide bonds. The van der Waals surface area contributed by atoms with E-state index in [2.05, 4.69) is 11.3 Å². The molecule has 0 saturated heterocycles. The topological polar surface area (TPSA) is 63.2 Å². The van der Waals surface area contributed by atoms with E-state index in [1.54, 1.807) is 24.3 Å². The summed E-state index contributed by atoms with van der Waals surface area (Å²) in [5.41, 5.74) is 3.32. The number of Topliss-reactive ketones (excluding diaryl/α,β-unsaturated/α-hetero) is 1. The van der Waals surface area contributed by atoms with Crippen molar-refractivity contribution in [3.8, 4) is 0 Å². The molecule has 0 aromatic heterocycles. The summed E-state index contributed by atoms with van der Waals surface area (Å²) in [5, 5.41) is 0. The number of nitrogens with one attached hydrogen (secondary N) is 1. The van der Waals surface area contributed by atoms with Gasteiger partial charge in [-0.05, 0) is 37.6 Å². The van der Waals surface area contributed by atoms with Crippen LogP contribution in [0.4, 0.5) is 0 Å². The Morgan fingerprint density at radius 3 is 2.29 bits per heavy atom. The van der Waals surface area contributed by atoms with E-state index in [0.717, 1.165) is 16.7 Å². The van der Waals surface area contributed by atoms with Gasteiger partial charge in [0.05, 0.1) is 10.9 Å². The van der Waals surface area contributed by atoms with E-state index in [1.807, 2.05) is 26.0 Å². The fourth-order valence-corrected chi connectivity index (χ4v) is 4.25. The van der Waals surface area contributed by atoms with Crippen LogP contribution in [0.1, 0.15) is 33.0 Å². The highest BCUT2D eigenvalue weighted by molar-refractivity contribution is 7.89. The molecule has 3 rings (SSSR count). The quantitative estimate of drug-likeness (QED) is 0.869. The minimum atomic E-state index is -3.78. The number of fused-ring (bicyclic) bond motifs is 1. The molecular formula is C19H19NO3S. The van der Waals surface area contributed by atoms with Gasteiger partial charge in [0.2, 0.25) is 10.0 Å². The van der Waals surface area contributed by atoms with E-state index < -0.39 is 16.1 Å². The lowest BCUT2D eigenvalue weighted by atomic mass is 9.98. The lowest BCUT2D eigenvalue weighted by Gasteiger charge is -2.17. The van der Waals surface area contributed by atoms with Crippen molar-refractivity contribution in [2.75, 3.05) is 0 Å². The summed E-state index contributed by atoms with van der Waals surface area (Å²) in [6.45, 7) is 7.56. The molecule has 4 nitrogen and oxygen atoms in total. The third kappa shape index (κ3) is 2.81. The summed E-state index contributed by atoms with van der Waals surface area (Å²) in [7, 11) is -3.78. The number of carbonyl (C=O) groups is 1. The number of carbonyl (C=O) groups excluding carboxylic acids is 1. The van der Waals surface area contributed by atoms with Crippen LogP contribution in [-0.2, 0) is 10.0 Å². The summed E-state index contributed by atoms with van der Waals surface area (Å²) < 4.78 is 27.8. The second-order valence-electron chi connectivity index (χ2n) is 6.13. The number of hydrogen-bond acceptors (Lipinski definition) is 3. The SMILES string of the molecule is C=C[C@@H]1c2ccc(C)cc2C(=O)[C@H]1NS(=O)(=O)c1ccc(C)cc1. The van der Waals surface area contributed by atoms with E-state index in [0.29, 0.717) is 5.56 Å². The Morgan fingerprint density at radius 2 is 1.67 bits per heavy atom. The molecule has 0 spiro atoms. The Labute approximate surface area is 142 Å². The minimum Gasteiger partial charge on any atom is -0.292 e. The van der Waals surface area contributed by atoms with Crippen LogP contribution in [0.25, 0.3) is 0 Å². The molecule has 0 unspecified atom stereocenters. The Balaban J connectivity index is 1.96. The maximum Gasteiger partial charge on any atom is 0.241 e. The van der Waals surface area contributed by atoms with Gasteiger partial charge >= 0.3 is 0 Å². The van der Waals surface area contributed by atoms with Gasteiger partial charge in [0.1, 0.15) is 0 Å². The van der Waals surface area contributed by atoms with Gasteiger partial charge in [-0.25, -0.2) is 8.42 Å². The molecule has 24 heavy (non-hydrogen) atoms. The average Bonchev–Trinajstić information content (AvgIpc) is 2.79. The zero-order chi connectivity index (χ0) is 17.5. The molecule has 2 aromatic carbocycles. The zero-order valence-electron chi connectivity index (χ0n) is 13.6. The summed E-state index contributed by atoms with van der Waals surface area (Å²) >= 11 is 0. The zero-order valence-corrected chi connectivity index (χ0v) is 14.4. The number of hydrogen-bond donors (Lipinski definition) is 1. The predicted octanol–water partition coefficient (Wildman–Crippen LogP) is 3.12. The monoisotopic (exact) mass is 341 g/mol. The van der Waals surface area contributed by atoms with Gasteiger partial charge in [0.25, 0.3) is 0 Å². The van der Waals surface area contributed by atoms with Crippen molar-refractivity contribution >= 4 is 15.8 Å². The normalized spacial score (nSPS) is 20.0. The molecule has 1 aliphatic rings. The van der Waals surface area contributed by atoms with Crippen LogP contribution in [0.3, 0.4) is 0 Å². The van der Waals surface area contributed by atoms with Crippen LogP contribution in [0.15, 0.2) is 60.0 Å². The lowest BCUT2D eigenvalue weighted by molar-refractivity contribution is 0.0963. The Kier molecular flexibility index (Phi) is 4.15. The van der Waals surface area contributed by atoms with E-state index in [9.17, 15) is 13.2 Å². The molecule has 2 aromatic rings. The minimum absolute atomic E-state index is 0.149. The summed E-state index contributed by atoms with van der Waals surface area (Å²) in [6.07, 6.45) is 1.63. The molecule has 5 heteroatoms. The first-order valence-corrected chi connectivity index (χ1v) is 9.18.